The second-order valence-corrected chi connectivity index (χ2v) is 3.79. The number of nitrogens with two attached hydrogens (primary N) is 1. The molecule has 0 aliphatic heterocycles. The van der Waals surface area contributed by atoms with E-state index in [-0.39, 0.29) is 0 Å². The highest BCUT2D eigenvalue weighted by Crippen LogP contribution is 2.20. The highest BCUT2D eigenvalue weighted by molar-refractivity contribution is 5.34. The SMILES string of the molecule is CCOc1cccc(OCc2ccnc(N)c2)c1. The monoisotopic (exact) mass is 244 g/mol. The lowest BCUT2D eigenvalue weighted by Gasteiger charge is -2.08. The molecule has 4 nitrogen and oxygen atoms in total. The number of rotatable bonds is 5. The Bertz CT molecular complexity index is 515. The number of hydrogen-bond acceptors (Lipinski definition) is 4. The van der Waals surface area contributed by atoms with Crippen LogP contribution in [0.25, 0.3) is 0 Å². The molecule has 0 saturated heterocycles. The Balaban J connectivity index is 1.99. The molecule has 0 unspecified atom stereocenters. The summed E-state index contributed by atoms with van der Waals surface area (Å²) in [6, 6.07) is 11.2. The first-order valence-corrected chi connectivity index (χ1v) is 5.84. The molecule has 2 N–H and O–H groups in total. The van der Waals surface area contributed by atoms with E-state index in [0.29, 0.717) is 19.0 Å². The summed E-state index contributed by atoms with van der Waals surface area (Å²) in [7, 11) is 0. The molecule has 1 aromatic heterocycles. The fourth-order valence-electron chi connectivity index (χ4n) is 1.57. The smallest absolute Gasteiger partial charge is 0.123 e. The van der Waals surface area contributed by atoms with Crippen LogP contribution >= 0.6 is 0 Å². The maximum Gasteiger partial charge on any atom is 0.123 e. The zero-order valence-electron chi connectivity index (χ0n) is 10.3. The molecule has 4 heteroatoms. The molecule has 18 heavy (non-hydrogen) atoms. The second kappa shape index (κ2) is 5.91. The third-order valence-corrected chi connectivity index (χ3v) is 2.37. The summed E-state index contributed by atoms with van der Waals surface area (Å²) >= 11 is 0. The number of ether oxygens (including phenoxy) is 2. The van der Waals surface area contributed by atoms with E-state index in [1.807, 2.05) is 37.3 Å². The van der Waals surface area contributed by atoms with Gasteiger partial charge >= 0.3 is 0 Å². The third-order valence-electron chi connectivity index (χ3n) is 2.37. The topological polar surface area (TPSA) is 57.4 Å². The van der Waals surface area contributed by atoms with E-state index in [0.717, 1.165) is 17.1 Å². The molecular weight excluding hydrogens is 228 g/mol. The Morgan fingerprint density at radius 2 is 1.89 bits per heavy atom. The van der Waals surface area contributed by atoms with E-state index in [9.17, 15) is 0 Å². The van der Waals surface area contributed by atoms with Gasteiger partial charge < -0.3 is 15.2 Å². The molecule has 94 valence electrons. The zero-order chi connectivity index (χ0) is 12.8. The van der Waals surface area contributed by atoms with Crippen molar-refractivity contribution < 1.29 is 9.47 Å². The molecule has 1 heterocycles. The van der Waals surface area contributed by atoms with E-state index in [1.54, 1.807) is 12.3 Å². The highest BCUT2D eigenvalue weighted by atomic mass is 16.5. The summed E-state index contributed by atoms with van der Waals surface area (Å²) in [5, 5.41) is 0. The number of nitrogens with zero attached hydrogens (tertiary/aromatic N) is 1. The molecule has 0 fully saturated rings. The predicted octanol–water partition coefficient (Wildman–Crippen LogP) is 2.64. The van der Waals surface area contributed by atoms with Crippen LogP contribution in [0.1, 0.15) is 12.5 Å². The second-order valence-electron chi connectivity index (χ2n) is 3.79. The van der Waals surface area contributed by atoms with Gasteiger partial charge in [-0.05, 0) is 36.8 Å². The van der Waals surface area contributed by atoms with Gasteiger partial charge in [-0.3, -0.25) is 0 Å². The lowest BCUT2D eigenvalue weighted by molar-refractivity contribution is 0.299. The molecule has 2 rings (SSSR count). The van der Waals surface area contributed by atoms with E-state index in [4.69, 9.17) is 15.2 Å². The molecule has 0 atom stereocenters. The van der Waals surface area contributed by atoms with Crippen LogP contribution in [0.15, 0.2) is 42.6 Å². The molecule has 1 aromatic carbocycles. The predicted molar refractivity (Wildman–Crippen MR) is 70.6 cm³/mol. The van der Waals surface area contributed by atoms with Gasteiger partial charge in [0.2, 0.25) is 0 Å². The first-order valence-electron chi connectivity index (χ1n) is 5.84. The van der Waals surface area contributed by atoms with Crippen molar-refractivity contribution >= 4 is 5.82 Å². The van der Waals surface area contributed by atoms with Gasteiger partial charge in [0, 0.05) is 12.3 Å². The summed E-state index contributed by atoms with van der Waals surface area (Å²) in [6.07, 6.45) is 1.67. The minimum atomic E-state index is 0.461. The minimum Gasteiger partial charge on any atom is -0.494 e. The number of anilines is 1. The van der Waals surface area contributed by atoms with Crippen LogP contribution in [0.2, 0.25) is 0 Å². The summed E-state index contributed by atoms with van der Waals surface area (Å²) in [6.45, 7) is 3.06. The van der Waals surface area contributed by atoms with E-state index >= 15 is 0 Å². The first-order chi connectivity index (χ1) is 8.78. The Hall–Kier alpha value is -2.23. The van der Waals surface area contributed by atoms with Gasteiger partial charge in [0.25, 0.3) is 0 Å². The summed E-state index contributed by atoms with van der Waals surface area (Å²) in [5.74, 6) is 2.08. The van der Waals surface area contributed by atoms with Crippen LogP contribution < -0.4 is 15.2 Å². The van der Waals surface area contributed by atoms with Crippen molar-refractivity contribution in [2.24, 2.45) is 0 Å². The molecule has 0 spiro atoms. The van der Waals surface area contributed by atoms with Crippen LogP contribution in [0.3, 0.4) is 0 Å². The van der Waals surface area contributed by atoms with Gasteiger partial charge in [-0.1, -0.05) is 6.07 Å². The molecule has 0 radical (unpaired) electrons. The quantitative estimate of drug-likeness (QED) is 0.878. The molecule has 0 aliphatic carbocycles. The van der Waals surface area contributed by atoms with Gasteiger partial charge in [0.15, 0.2) is 0 Å². The molecule has 0 aliphatic rings. The molecule has 0 bridgehead atoms. The minimum absolute atomic E-state index is 0.461. The number of benzene rings is 1. The maximum absolute atomic E-state index is 5.67. The number of nitrogen functional groups attached to an aromatic ring is 1. The van der Waals surface area contributed by atoms with Crippen molar-refractivity contribution in [2.75, 3.05) is 12.3 Å². The molecule has 2 aromatic rings. The lowest BCUT2D eigenvalue weighted by atomic mass is 10.3. The van der Waals surface area contributed by atoms with E-state index in [1.165, 1.54) is 0 Å². The average molecular weight is 244 g/mol. The van der Waals surface area contributed by atoms with Crippen molar-refractivity contribution in [3.05, 3.63) is 48.2 Å². The largest absolute Gasteiger partial charge is 0.494 e. The fourth-order valence-corrected chi connectivity index (χ4v) is 1.57. The van der Waals surface area contributed by atoms with Crippen molar-refractivity contribution in [1.82, 2.24) is 4.98 Å². The van der Waals surface area contributed by atoms with Crippen LogP contribution in [0.5, 0.6) is 11.5 Å². The Labute approximate surface area is 106 Å². The van der Waals surface area contributed by atoms with Gasteiger partial charge in [-0.15, -0.1) is 0 Å². The van der Waals surface area contributed by atoms with Crippen molar-refractivity contribution in [3.63, 3.8) is 0 Å². The summed E-state index contributed by atoms with van der Waals surface area (Å²) in [4.78, 5) is 3.94. The zero-order valence-corrected chi connectivity index (χ0v) is 10.3. The Morgan fingerprint density at radius 1 is 1.11 bits per heavy atom. The van der Waals surface area contributed by atoms with E-state index in [2.05, 4.69) is 4.98 Å². The maximum atomic E-state index is 5.67. The molecular formula is C14H16N2O2. The number of pyridine rings is 1. The Kier molecular flexibility index (Phi) is 4.02. The van der Waals surface area contributed by atoms with Crippen molar-refractivity contribution in [3.8, 4) is 11.5 Å². The van der Waals surface area contributed by atoms with Crippen molar-refractivity contribution in [1.29, 1.82) is 0 Å². The third kappa shape index (κ3) is 3.38. The lowest BCUT2D eigenvalue weighted by Crippen LogP contribution is -1.98. The standard InChI is InChI=1S/C14H16N2O2/c1-2-17-12-4-3-5-13(9-12)18-10-11-6-7-16-14(15)8-11/h3-9H,2,10H2,1H3,(H2,15,16). The van der Waals surface area contributed by atoms with Crippen LogP contribution in [-0.4, -0.2) is 11.6 Å². The summed E-state index contributed by atoms with van der Waals surface area (Å²) in [5.41, 5.74) is 6.59. The normalized spacial score (nSPS) is 10.1. The first kappa shape index (κ1) is 12.2. The number of aromatic nitrogens is 1. The summed E-state index contributed by atoms with van der Waals surface area (Å²) < 4.78 is 11.1. The fraction of sp³-hybridized carbons (Fsp3) is 0.214. The van der Waals surface area contributed by atoms with Crippen LogP contribution in [-0.2, 0) is 6.61 Å². The van der Waals surface area contributed by atoms with Gasteiger partial charge in [-0.25, -0.2) is 4.98 Å². The average Bonchev–Trinajstić information content (AvgIpc) is 2.37. The Morgan fingerprint density at radius 3 is 2.61 bits per heavy atom. The van der Waals surface area contributed by atoms with Crippen LogP contribution in [0, 0.1) is 0 Å². The van der Waals surface area contributed by atoms with Gasteiger partial charge in [0.1, 0.15) is 23.9 Å². The van der Waals surface area contributed by atoms with Gasteiger partial charge in [0.05, 0.1) is 6.61 Å². The van der Waals surface area contributed by atoms with Crippen molar-refractivity contribution in [2.45, 2.75) is 13.5 Å². The van der Waals surface area contributed by atoms with E-state index < -0.39 is 0 Å². The van der Waals surface area contributed by atoms with Crippen LogP contribution in [0.4, 0.5) is 5.82 Å². The van der Waals surface area contributed by atoms with Gasteiger partial charge in [-0.2, -0.15) is 0 Å². The number of hydrogen-bond donors (Lipinski definition) is 1. The molecule has 0 saturated carbocycles. The highest BCUT2D eigenvalue weighted by Gasteiger charge is 1.99. The molecule has 0 amide bonds.